The third kappa shape index (κ3) is 26.8. The lowest BCUT2D eigenvalue weighted by atomic mass is 9.82. The van der Waals surface area contributed by atoms with E-state index in [2.05, 4.69) is 144 Å². The Morgan fingerprint density at radius 3 is 1.13 bits per heavy atom. The number of morpholine rings is 3. The number of benzene rings is 3. The van der Waals surface area contributed by atoms with Gasteiger partial charge in [-0.1, -0.05) is 86.5 Å². The lowest BCUT2D eigenvalue weighted by Gasteiger charge is -2.35. The van der Waals surface area contributed by atoms with E-state index in [4.69, 9.17) is 33.0 Å². The maximum atomic E-state index is 14.0. The minimum Gasteiger partial charge on any atom is -0.444 e. The van der Waals surface area contributed by atoms with E-state index in [9.17, 15) is 22.8 Å². The molecular formula is C102H123BBrF3N30O9S3. The number of fused-ring (bicyclic) bond motifs is 3. The molecule has 47 heteroatoms. The van der Waals surface area contributed by atoms with Crippen molar-refractivity contribution in [3.05, 3.63) is 225 Å². The lowest BCUT2D eigenvalue weighted by molar-refractivity contribution is -0.0484. The largest absolute Gasteiger partial charge is 0.498 e. The summed E-state index contributed by atoms with van der Waals surface area (Å²) >= 11 is 7.45. The highest BCUT2D eigenvalue weighted by atomic mass is 79.9. The molecule has 3 aromatic carbocycles. The van der Waals surface area contributed by atoms with Crippen LogP contribution in [0, 0.1) is 17.5 Å². The van der Waals surface area contributed by atoms with Gasteiger partial charge in [0.15, 0.2) is 17.5 Å². The maximum absolute atomic E-state index is 14.0. The standard InChI is InChI=1S/C33H37FN10O3S.C28H29FN10OS.C20H17BrFN7S.C19H32BN3O5.2CH4/c1-33(2,3)47-32(45)42-12-13-46-25(20-42)21-43-18-24(15-38-43)23-14-28-30(37-22-39-44(28)19-23)40-8-10-41(11-9-40)31-35-16-26(17-36-31)48-29-7-5-4-6-27(29)34;29-24-3-1-2-4-26(24)41-23-14-31-28(32-15-23)37-8-6-36(7-9-37)27-25-11-20(17-39(25)35-19-33-27)21-12-34-38(16-21)18-22-13-30-5-10-40-22;21-14-9-17-19(25-13-26-29(17)12-14)27-5-7-28(8-6-27)20-23-10-15(11-24-20)30-18-4-2-1-3-16(18)22;1-17(2,3)26-16(24)22-8-9-25-15(12-22)13-23-11-14(10-21-23)20-27-18(4,5)19(6,7)28-20;;/h4-7,14-19,22,25H,8-13,20-21H2,1-3H3;1-4,11-12,14-17,19,22,30H,5-10,13,18H2;1-4,9-13H,5-8H2;10-11,15H,8-9,12-13H2,1-7H3;2*1H4/t25-;22-;;15-;;/m00.0../s1. The average Bonchev–Trinajstić information content (AvgIpc) is 1.63. The first-order valence-electron chi connectivity index (χ1n) is 48.8. The first-order chi connectivity index (χ1) is 70.9. The van der Waals surface area contributed by atoms with Crippen molar-refractivity contribution in [3.8, 4) is 22.3 Å². The van der Waals surface area contributed by atoms with Crippen molar-refractivity contribution in [2.45, 2.75) is 174 Å². The van der Waals surface area contributed by atoms with E-state index in [0.717, 1.165) is 179 Å². The van der Waals surface area contributed by atoms with Crippen LogP contribution in [0.5, 0.6) is 0 Å². The van der Waals surface area contributed by atoms with Gasteiger partial charge in [-0.3, -0.25) is 14.0 Å². The first kappa shape index (κ1) is 107. The fraction of sp³-hybridized carbons (Fsp3) is 0.422. The molecule has 0 radical (unpaired) electrons. The Morgan fingerprint density at radius 2 is 0.758 bits per heavy atom. The molecule has 0 spiro atoms. The fourth-order valence-electron chi connectivity index (χ4n) is 17.5. The van der Waals surface area contributed by atoms with Crippen LogP contribution in [0.25, 0.3) is 38.8 Å². The molecule has 15 aromatic rings. The Balaban J connectivity index is 0.000000138. The van der Waals surface area contributed by atoms with Crippen molar-refractivity contribution in [1.29, 1.82) is 0 Å². The zero-order valence-electron chi connectivity index (χ0n) is 83.2. The Hall–Kier alpha value is -13.1. The van der Waals surface area contributed by atoms with E-state index < -0.39 is 18.3 Å². The van der Waals surface area contributed by atoms with Crippen LogP contribution in [0.1, 0.15) is 84.1 Å². The van der Waals surface area contributed by atoms with Gasteiger partial charge < -0.3 is 77.5 Å². The molecule has 3 atom stereocenters. The summed E-state index contributed by atoms with van der Waals surface area (Å²) in [4.78, 5) is 86.6. The van der Waals surface area contributed by atoms with E-state index in [0.29, 0.717) is 91.6 Å². The van der Waals surface area contributed by atoms with Gasteiger partial charge in [-0.15, -0.1) is 0 Å². The molecule has 0 unspecified atom stereocenters. The third-order valence-corrected chi connectivity index (χ3v) is 29.0. The molecule has 0 aliphatic carbocycles. The van der Waals surface area contributed by atoms with Crippen LogP contribution in [0.2, 0.25) is 0 Å². The topological polar surface area (TPSA) is 358 Å². The van der Waals surface area contributed by atoms with Gasteiger partial charge in [0, 0.05) is 247 Å². The van der Waals surface area contributed by atoms with Gasteiger partial charge in [-0.25, -0.2) is 81.2 Å². The summed E-state index contributed by atoms with van der Waals surface area (Å²) in [6.45, 7) is 35.6. The number of halogens is 4. The van der Waals surface area contributed by atoms with Gasteiger partial charge in [0.25, 0.3) is 0 Å². The number of nitrogens with one attached hydrogen (secondary N) is 1. The maximum Gasteiger partial charge on any atom is 0.498 e. The van der Waals surface area contributed by atoms with E-state index in [1.807, 2.05) is 164 Å². The monoisotopic (exact) mass is 2150 g/mol. The number of carbonyl (C=O) groups excluding carboxylic acids is 2. The van der Waals surface area contributed by atoms with Crippen molar-refractivity contribution < 1.29 is 55.8 Å². The number of hydrogen-bond acceptors (Lipinski definition) is 34. The Bertz CT molecular complexity index is 7000. The second-order valence-electron chi connectivity index (χ2n) is 39.1. The average molecular weight is 2160 g/mol. The molecule has 12 aromatic heterocycles. The Morgan fingerprint density at radius 1 is 0.416 bits per heavy atom. The minimum absolute atomic E-state index is 0. The predicted octanol–water partition coefficient (Wildman–Crippen LogP) is 14.6. The summed E-state index contributed by atoms with van der Waals surface area (Å²) < 4.78 is 94.7. The summed E-state index contributed by atoms with van der Waals surface area (Å²) in [6.07, 6.45) is 31.8. The normalized spacial score (nSPS) is 18.0. The Kier molecular flexibility index (Phi) is 34.1. The molecule has 0 saturated carbocycles. The highest BCUT2D eigenvalue weighted by molar-refractivity contribution is 9.10. The second-order valence-corrected chi connectivity index (χ2v) is 43.3. The number of aromatic nitrogens is 21. The van der Waals surface area contributed by atoms with E-state index in [1.54, 1.807) is 109 Å². The predicted molar refractivity (Wildman–Crippen MR) is 569 cm³/mol. The fourth-order valence-corrected chi connectivity index (χ4v) is 20.2. The molecule has 0 bridgehead atoms. The van der Waals surface area contributed by atoms with Crippen LogP contribution in [0.15, 0.2) is 237 Å². The first-order valence-corrected chi connectivity index (χ1v) is 52.0. The van der Waals surface area contributed by atoms with Crippen LogP contribution in [-0.4, -0.2) is 310 Å². The van der Waals surface area contributed by atoms with E-state index in [1.165, 1.54) is 53.5 Å². The second kappa shape index (κ2) is 47.4. The third-order valence-electron chi connectivity index (χ3n) is 25.6. The van der Waals surface area contributed by atoms with Crippen molar-refractivity contribution in [1.82, 2.24) is 118 Å². The lowest BCUT2D eigenvalue weighted by Crippen LogP contribution is -2.48. The SMILES string of the molecule is C.C.CC(C)(C)OC(=O)N1CCO[C@H](Cn2cc(-c3cc4c(N5CCN(c6ncc(Sc7ccccc7F)cn6)CC5)ncnn4c3)cn2)C1.CC(C)(C)OC(=O)N1CCO[C@H](Cn2cc(B3OC(C)(C)C(C)(C)O3)cn2)C1.Fc1ccccc1Sc1cnc(N2CCN(c3ncnn4cc(-c5cnn(C[C@@H]6CNCCO6)c5)cc34)CC2)nc1.Fc1ccccc1Sc1cnc(N2CCN(c3ncnn4cc(Br)cc34)CC2)nc1. The summed E-state index contributed by atoms with van der Waals surface area (Å²) in [5.74, 6) is 3.95. The molecule has 7 saturated heterocycles. The van der Waals surface area contributed by atoms with Crippen LogP contribution < -0.4 is 40.2 Å². The number of nitrogens with zero attached hydrogens (tertiary/aromatic N) is 29. The van der Waals surface area contributed by atoms with Gasteiger partial charge in [-0.2, -0.15) is 30.6 Å². The molecular weight excluding hydrogens is 2030 g/mol. The van der Waals surface area contributed by atoms with Crippen molar-refractivity contribution in [2.24, 2.45) is 0 Å². The number of carbonyl (C=O) groups is 2. The van der Waals surface area contributed by atoms with Crippen molar-refractivity contribution in [2.75, 3.05) is 167 Å². The number of hydrogen-bond donors (Lipinski definition) is 1. The number of rotatable bonds is 21. The van der Waals surface area contributed by atoms with Gasteiger partial charge in [0.1, 0.15) is 64.2 Å². The van der Waals surface area contributed by atoms with Crippen molar-refractivity contribution >= 4 is 128 Å². The zero-order valence-corrected chi connectivity index (χ0v) is 87.2. The highest BCUT2D eigenvalue weighted by Crippen LogP contribution is 2.39. The highest BCUT2D eigenvalue weighted by Gasteiger charge is 2.52. The molecule has 39 nitrogen and oxygen atoms in total. The summed E-state index contributed by atoms with van der Waals surface area (Å²) in [7, 11) is -0.440. The Labute approximate surface area is 884 Å². The molecule has 7 aliphatic heterocycles. The number of anilines is 6. The molecule has 7 aliphatic rings. The van der Waals surface area contributed by atoms with Crippen LogP contribution >= 0.6 is 51.2 Å². The molecule has 2 amide bonds. The van der Waals surface area contributed by atoms with Crippen LogP contribution in [0.3, 0.4) is 0 Å². The quantitative estimate of drug-likeness (QED) is 0.0653. The van der Waals surface area contributed by atoms with E-state index >= 15 is 0 Å². The summed E-state index contributed by atoms with van der Waals surface area (Å²) in [5.41, 5.74) is 5.87. The van der Waals surface area contributed by atoms with Gasteiger partial charge >= 0.3 is 19.3 Å². The molecule has 149 heavy (non-hydrogen) atoms. The molecule has 784 valence electrons. The van der Waals surface area contributed by atoms with E-state index in [-0.39, 0.29) is 74.0 Å². The van der Waals surface area contributed by atoms with Crippen LogP contribution in [0.4, 0.5) is 58.1 Å². The smallest absolute Gasteiger partial charge is 0.444 e. The molecule has 1 N–H and O–H groups in total. The van der Waals surface area contributed by atoms with Gasteiger partial charge in [0.2, 0.25) is 17.8 Å². The molecule has 19 heterocycles. The summed E-state index contributed by atoms with van der Waals surface area (Å²) in [5, 5.41) is 30.1. The minimum atomic E-state index is -0.545. The summed E-state index contributed by atoms with van der Waals surface area (Å²) in [6, 6.07) is 26.3. The molecule has 22 rings (SSSR count). The van der Waals surface area contributed by atoms with Crippen LogP contribution in [-0.2, 0) is 52.6 Å². The number of amides is 2. The molecule has 7 fully saturated rings. The van der Waals surface area contributed by atoms with Gasteiger partial charge in [-0.05, 0) is 140 Å². The number of piperazine rings is 3. The zero-order chi connectivity index (χ0) is 102. The van der Waals surface area contributed by atoms with Crippen molar-refractivity contribution in [3.63, 3.8) is 0 Å². The number of ether oxygens (including phenoxy) is 5. The van der Waals surface area contributed by atoms with Gasteiger partial charge in [0.05, 0.1) is 94.5 Å².